The average Bonchev–Trinajstić information content (AvgIpc) is 4.12. The van der Waals surface area contributed by atoms with Crippen molar-refractivity contribution in [3.05, 3.63) is 108 Å². The molecule has 1 fully saturated rings. The van der Waals surface area contributed by atoms with E-state index in [1.54, 1.807) is 80.7 Å². The maximum Gasteiger partial charge on any atom is 0.414 e. The quantitative estimate of drug-likeness (QED) is 0.0347. The molecule has 0 spiro atoms. The molecule has 1 saturated heterocycles. The number of anilines is 2. The van der Waals surface area contributed by atoms with E-state index in [1.807, 2.05) is 0 Å². The fraction of sp³-hybridized carbons (Fsp3) is 0.392. The summed E-state index contributed by atoms with van der Waals surface area (Å²) < 4.78 is 26.5. The van der Waals surface area contributed by atoms with Gasteiger partial charge in [0, 0.05) is 62.6 Å². The number of nitrogens with zero attached hydrogens (tertiary/aromatic N) is 5. The molecule has 3 aromatic carbocycles. The molecule has 1 aromatic heterocycles. The molecule has 4 aromatic rings. The van der Waals surface area contributed by atoms with Crippen LogP contribution in [0.25, 0.3) is 11.1 Å². The summed E-state index contributed by atoms with van der Waals surface area (Å²) in [5, 5.41) is 23.7. The summed E-state index contributed by atoms with van der Waals surface area (Å²) >= 11 is 0. The van der Waals surface area contributed by atoms with Gasteiger partial charge in [-0.2, -0.15) is 0 Å². The molecule has 10 amide bonds. The number of hydrogen-bond acceptors (Lipinski definition) is 13. The first-order valence-electron chi connectivity index (χ1n) is 24.4. The molecule has 2 aliphatic rings. The monoisotopic (exact) mass is 1040 g/mol. The van der Waals surface area contributed by atoms with Crippen molar-refractivity contribution >= 4 is 65.0 Å². The second-order valence-electron chi connectivity index (χ2n) is 18.2. The molecule has 398 valence electrons. The molecule has 0 bridgehead atoms. The first kappa shape index (κ1) is 55.6. The summed E-state index contributed by atoms with van der Waals surface area (Å²) in [5.74, 6) is -3.46. The van der Waals surface area contributed by atoms with Crippen LogP contribution in [-0.4, -0.2) is 123 Å². The number of carbonyl (C=O) groups is 9. The lowest BCUT2D eigenvalue weighted by Crippen LogP contribution is -2.54. The molecule has 3 heterocycles. The van der Waals surface area contributed by atoms with Crippen molar-refractivity contribution in [2.75, 3.05) is 36.4 Å². The Morgan fingerprint density at radius 3 is 2.25 bits per heavy atom. The van der Waals surface area contributed by atoms with Crippen molar-refractivity contribution in [3.8, 4) is 11.1 Å². The Morgan fingerprint density at radius 2 is 1.60 bits per heavy atom. The van der Waals surface area contributed by atoms with Crippen LogP contribution in [0, 0.1) is 11.7 Å². The molecule has 0 saturated carbocycles. The van der Waals surface area contributed by atoms with Crippen molar-refractivity contribution in [2.24, 2.45) is 11.7 Å². The predicted molar refractivity (Wildman–Crippen MR) is 269 cm³/mol. The van der Waals surface area contributed by atoms with Crippen molar-refractivity contribution < 1.29 is 57.0 Å². The van der Waals surface area contributed by atoms with Crippen LogP contribution < -0.4 is 37.2 Å². The molecule has 8 N–H and O–H groups in total. The Bertz CT molecular complexity index is 2700. The largest absolute Gasteiger partial charge is 0.445 e. The fourth-order valence-electron chi connectivity index (χ4n) is 8.06. The summed E-state index contributed by atoms with van der Waals surface area (Å²) in [5.41, 5.74) is 8.45. The highest BCUT2D eigenvalue weighted by atomic mass is 19.1. The Kier molecular flexibility index (Phi) is 19.9. The van der Waals surface area contributed by atoms with Gasteiger partial charge in [0.2, 0.25) is 23.6 Å². The molecule has 3 atom stereocenters. The summed E-state index contributed by atoms with van der Waals surface area (Å²) in [6, 6.07) is 15.0. The number of carbonyl (C=O) groups excluding carboxylic acids is 9. The average molecular weight is 1040 g/mol. The van der Waals surface area contributed by atoms with E-state index in [9.17, 15) is 43.2 Å². The van der Waals surface area contributed by atoms with Gasteiger partial charge in [-0.3, -0.25) is 48.6 Å². The van der Waals surface area contributed by atoms with Crippen molar-refractivity contribution in [1.82, 2.24) is 46.5 Å². The Balaban J connectivity index is 1.02. The molecule has 0 aliphatic carbocycles. The van der Waals surface area contributed by atoms with E-state index in [1.165, 1.54) is 34.9 Å². The maximum absolute atomic E-state index is 15.5. The molecule has 75 heavy (non-hydrogen) atoms. The van der Waals surface area contributed by atoms with Gasteiger partial charge in [0.05, 0.1) is 25.3 Å². The molecular formula is C51H61FN12O11. The maximum atomic E-state index is 15.5. The normalized spacial score (nSPS) is 14.8. The van der Waals surface area contributed by atoms with Gasteiger partial charge in [-0.05, 0) is 78.6 Å². The first-order chi connectivity index (χ1) is 35.9. The third kappa shape index (κ3) is 16.7. The zero-order valence-corrected chi connectivity index (χ0v) is 41.8. The summed E-state index contributed by atoms with van der Waals surface area (Å²) in [6.45, 7) is 5.49. The van der Waals surface area contributed by atoms with Crippen LogP contribution in [0.2, 0.25) is 0 Å². The van der Waals surface area contributed by atoms with E-state index in [0.29, 0.717) is 53.0 Å². The second kappa shape index (κ2) is 26.8. The van der Waals surface area contributed by atoms with Crippen LogP contribution in [0.15, 0.2) is 85.1 Å². The number of aromatic nitrogens is 3. The minimum Gasteiger partial charge on any atom is -0.445 e. The number of amides is 10. The molecule has 1 unspecified atom stereocenters. The van der Waals surface area contributed by atoms with E-state index in [0.717, 1.165) is 4.90 Å². The Labute approximate surface area is 431 Å². The van der Waals surface area contributed by atoms with E-state index in [-0.39, 0.29) is 100 Å². The lowest BCUT2D eigenvalue weighted by molar-refractivity contribution is -0.137. The van der Waals surface area contributed by atoms with Gasteiger partial charge in [0.15, 0.2) is 0 Å². The second-order valence-corrected chi connectivity index (χ2v) is 18.2. The molecule has 24 heteroatoms. The van der Waals surface area contributed by atoms with Gasteiger partial charge in [0.1, 0.15) is 36.3 Å². The number of primary amides is 1. The number of unbranched alkanes of at least 4 members (excludes halogenated alkanes) is 2. The summed E-state index contributed by atoms with van der Waals surface area (Å²) in [4.78, 5) is 116. The van der Waals surface area contributed by atoms with Crippen LogP contribution >= 0.6 is 0 Å². The molecule has 0 radical (unpaired) electrons. The van der Waals surface area contributed by atoms with Gasteiger partial charge in [0.25, 0.3) is 11.8 Å². The van der Waals surface area contributed by atoms with E-state index in [4.69, 9.17) is 15.2 Å². The minimum absolute atomic E-state index is 0.0381. The lowest BCUT2D eigenvalue weighted by atomic mass is 10.0. The van der Waals surface area contributed by atoms with Gasteiger partial charge in [-0.15, -0.1) is 5.10 Å². The highest BCUT2D eigenvalue weighted by molar-refractivity contribution is 6.12. The van der Waals surface area contributed by atoms with Gasteiger partial charge >= 0.3 is 18.2 Å². The van der Waals surface area contributed by atoms with Gasteiger partial charge in [-0.25, -0.2) is 18.8 Å². The number of rotatable bonds is 26. The van der Waals surface area contributed by atoms with Crippen molar-refractivity contribution in [2.45, 2.75) is 97.2 Å². The van der Waals surface area contributed by atoms with Crippen molar-refractivity contribution in [3.63, 3.8) is 0 Å². The number of nitrogens with two attached hydrogens (primary N) is 1. The summed E-state index contributed by atoms with van der Waals surface area (Å²) in [7, 11) is 0. The van der Waals surface area contributed by atoms with Crippen LogP contribution in [0.1, 0.15) is 76.1 Å². The van der Waals surface area contributed by atoms with E-state index < -0.39 is 54.0 Å². The van der Waals surface area contributed by atoms with Crippen molar-refractivity contribution in [1.29, 1.82) is 0 Å². The Morgan fingerprint density at radius 1 is 0.880 bits per heavy atom. The number of imide groups is 1. The number of H-pyrrole nitrogens is 1. The number of halogens is 1. The van der Waals surface area contributed by atoms with E-state index in [2.05, 4.69) is 42.0 Å². The minimum atomic E-state index is -1.09. The number of nitrogens with one attached hydrogen (secondary N) is 6. The molecular weight excluding hydrogens is 976 g/mol. The highest BCUT2D eigenvalue weighted by Gasteiger charge is 2.33. The van der Waals surface area contributed by atoms with E-state index >= 15 is 4.39 Å². The zero-order valence-electron chi connectivity index (χ0n) is 41.8. The highest BCUT2D eigenvalue weighted by Crippen LogP contribution is 2.30. The third-order valence-electron chi connectivity index (χ3n) is 12.1. The lowest BCUT2D eigenvalue weighted by Gasteiger charge is -2.25. The molecule has 2 aliphatic heterocycles. The van der Waals surface area contributed by atoms with Crippen LogP contribution in [0.3, 0.4) is 0 Å². The number of ether oxygens (including phenoxy) is 2. The van der Waals surface area contributed by atoms with Crippen LogP contribution in [0.4, 0.5) is 30.1 Å². The van der Waals surface area contributed by atoms with Crippen LogP contribution in [-0.2, 0) is 57.9 Å². The fourth-order valence-corrected chi connectivity index (χ4v) is 8.06. The standard InChI is InChI=1S/C51H61FN12O11/c1-31(2)46(59-43(66)9-5-4-6-23-63-44(67)20-21-45(63)68)48(70)58-42(8-7-22-54-49(53)71)47(69)57-36-16-12-34(13-17-36)30-74-50(72)62(28-37-25-56-61-60-37)27-33-10-14-35(15-11-33)40-19-18-38(24-41(40)52)64-29-39(75-51(64)73)26-55-32(3)65/h10-21,24-25,31,39,42,46H,4-9,22-23,26-30H2,1-3H3,(H,55,65)(H,57,69)(H,58,70)(H,59,66)(H3,53,54,71)(H,56,60,61)/t39-,42-,46?/m0/s1. The molecule has 23 nitrogen and oxygen atoms in total. The Hall–Kier alpha value is -8.70. The SMILES string of the molecule is CC(=O)NC[C@H]1CN(c2ccc(-c3ccc(CN(Cc4c[nH]nn4)C(=O)OCc4ccc(NC(=O)[C@H](CCCNC(N)=O)NC(=O)C(NC(=O)CCCCCN5C(=O)C=CC5=O)C(C)C)cc4)cc3)c(F)c2)C(=O)O1. The predicted octanol–water partition coefficient (Wildman–Crippen LogP) is 3.91. The van der Waals surface area contributed by atoms with Gasteiger partial charge < -0.3 is 41.8 Å². The number of aromatic amines is 1. The smallest absolute Gasteiger partial charge is 0.414 e. The number of hydrogen-bond donors (Lipinski definition) is 7. The molecule has 6 rings (SSSR count). The number of cyclic esters (lactones) is 1. The topological polar surface area (TPSA) is 310 Å². The van der Waals surface area contributed by atoms with Gasteiger partial charge in [-0.1, -0.05) is 61.9 Å². The number of urea groups is 1. The van der Waals surface area contributed by atoms with Crippen LogP contribution in [0.5, 0.6) is 0 Å². The third-order valence-corrected chi connectivity index (χ3v) is 12.1. The summed E-state index contributed by atoms with van der Waals surface area (Å²) in [6.07, 6.45) is 4.09. The first-order valence-corrected chi connectivity index (χ1v) is 24.4. The number of benzene rings is 3. The zero-order chi connectivity index (χ0) is 54.0.